The molecule has 0 aromatic heterocycles. The van der Waals surface area contributed by atoms with Crippen LogP contribution in [-0.2, 0) is 0 Å². The van der Waals surface area contributed by atoms with Crippen LogP contribution in [0.4, 0.5) is 0 Å². The van der Waals surface area contributed by atoms with Crippen LogP contribution in [-0.4, -0.2) is 28.6 Å². The molecule has 0 saturated carbocycles. The molecule has 0 aliphatic heterocycles. The largest absolute Gasteiger partial charge is 0.507 e. The van der Waals surface area contributed by atoms with Crippen molar-refractivity contribution in [1.82, 2.24) is 5.32 Å². The van der Waals surface area contributed by atoms with Gasteiger partial charge >= 0.3 is 0 Å². The van der Waals surface area contributed by atoms with Crippen molar-refractivity contribution in [3.8, 4) is 5.75 Å². The molecule has 0 radical (unpaired) electrons. The molecule has 0 unspecified atom stereocenters. The molecule has 2 aromatic rings. The third kappa shape index (κ3) is 3.25. The van der Waals surface area contributed by atoms with Gasteiger partial charge in [0.25, 0.3) is 5.91 Å². The second-order valence-corrected chi connectivity index (χ2v) is 6.88. The molecular formula is C16H19NO2S. The highest BCUT2D eigenvalue weighted by Crippen LogP contribution is 2.25. The Morgan fingerprint density at radius 3 is 2.45 bits per heavy atom. The minimum Gasteiger partial charge on any atom is -0.507 e. The van der Waals surface area contributed by atoms with Crippen LogP contribution >= 0.6 is 11.8 Å². The first-order valence-corrected chi connectivity index (χ1v) is 7.70. The van der Waals surface area contributed by atoms with Crippen LogP contribution in [0, 0.1) is 0 Å². The number of carbonyl (C=O) groups is 1. The molecule has 0 fully saturated rings. The molecule has 0 spiro atoms. The van der Waals surface area contributed by atoms with E-state index in [0.29, 0.717) is 12.1 Å². The van der Waals surface area contributed by atoms with Crippen molar-refractivity contribution in [1.29, 1.82) is 0 Å². The summed E-state index contributed by atoms with van der Waals surface area (Å²) in [6.07, 6.45) is 2.01. The maximum absolute atomic E-state index is 12.2. The summed E-state index contributed by atoms with van der Waals surface area (Å²) in [6.45, 7) is 4.69. The van der Waals surface area contributed by atoms with E-state index in [1.165, 1.54) is 0 Å². The first kappa shape index (κ1) is 14.7. The van der Waals surface area contributed by atoms with Gasteiger partial charge in [0.15, 0.2) is 0 Å². The molecule has 0 aliphatic rings. The van der Waals surface area contributed by atoms with Gasteiger partial charge in [-0.25, -0.2) is 0 Å². The average molecular weight is 289 g/mol. The first-order valence-electron chi connectivity index (χ1n) is 6.48. The Kier molecular flexibility index (Phi) is 4.23. The molecule has 106 valence electrons. The Bertz CT molecular complexity index is 637. The van der Waals surface area contributed by atoms with E-state index in [1.807, 2.05) is 30.5 Å². The number of amides is 1. The van der Waals surface area contributed by atoms with Crippen molar-refractivity contribution in [2.45, 2.75) is 18.6 Å². The maximum atomic E-state index is 12.2. The van der Waals surface area contributed by atoms with Gasteiger partial charge in [0.2, 0.25) is 0 Å². The normalized spacial score (nSPS) is 11.6. The highest BCUT2D eigenvalue weighted by molar-refractivity contribution is 7.99. The Labute approximate surface area is 123 Å². The molecule has 0 saturated heterocycles. The molecule has 1 amide bonds. The lowest BCUT2D eigenvalue weighted by molar-refractivity contribution is 0.0948. The van der Waals surface area contributed by atoms with E-state index >= 15 is 0 Å². The molecule has 0 bridgehead atoms. The number of hydrogen-bond donors (Lipinski definition) is 2. The molecule has 0 aliphatic carbocycles. The van der Waals surface area contributed by atoms with Gasteiger partial charge in [-0.05, 0) is 43.0 Å². The third-order valence-corrected chi connectivity index (χ3v) is 4.59. The van der Waals surface area contributed by atoms with E-state index in [4.69, 9.17) is 0 Å². The lowest BCUT2D eigenvalue weighted by Crippen LogP contribution is -2.36. The molecule has 2 N–H and O–H groups in total. The number of benzene rings is 2. The van der Waals surface area contributed by atoms with Gasteiger partial charge in [-0.15, -0.1) is 0 Å². The molecular weight excluding hydrogens is 270 g/mol. The fourth-order valence-corrected chi connectivity index (χ4v) is 2.09. The minimum absolute atomic E-state index is 0.0168. The fraction of sp³-hybridized carbons (Fsp3) is 0.312. The summed E-state index contributed by atoms with van der Waals surface area (Å²) in [5.41, 5.74) is 0.320. The van der Waals surface area contributed by atoms with E-state index in [0.717, 1.165) is 10.8 Å². The van der Waals surface area contributed by atoms with E-state index in [-0.39, 0.29) is 16.4 Å². The van der Waals surface area contributed by atoms with Crippen LogP contribution in [0.15, 0.2) is 36.4 Å². The molecule has 2 rings (SSSR count). The van der Waals surface area contributed by atoms with Crippen LogP contribution < -0.4 is 5.32 Å². The SMILES string of the molecule is CSC(C)(C)CNC(=O)c1cc2ccccc2cc1O. The lowest BCUT2D eigenvalue weighted by Gasteiger charge is -2.22. The zero-order valence-electron chi connectivity index (χ0n) is 11.9. The lowest BCUT2D eigenvalue weighted by atomic mass is 10.1. The summed E-state index contributed by atoms with van der Waals surface area (Å²) < 4.78 is -0.0257. The summed E-state index contributed by atoms with van der Waals surface area (Å²) in [5.74, 6) is -0.224. The molecule has 0 heterocycles. The Balaban J connectivity index is 2.24. The predicted octanol–water partition coefficient (Wildman–Crippen LogP) is 3.42. The Hall–Kier alpha value is -1.68. The first-order chi connectivity index (χ1) is 9.43. The zero-order valence-corrected chi connectivity index (χ0v) is 12.8. The zero-order chi connectivity index (χ0) is 14.8. The summed E-state index contributed by atoms with van der Waals surface area (Å²) in [5, 5.41) is 14.7. The van der Waals surface area contributed by atoms with Gasteiger partial charge in [0.1, 0.15) is 5.75 Å². The van der Waals surface area contributed by atoms with Crippen LogP contribution in [0.3, 0.4) is 0 Å². The quantitative estimate of drug-likeness (QED) is 0.906. The maximum Gasteiger partial charge on any atom is 0.255 e. The number of thioether (sulfide) groups is 1. The number of fused-ring (bicyclic) bond motifs is 1. The van der Waals surface area contributed by atoms with Crippen LogP contribution in [0.25, 0.3) is 10.8 Å². The molecule has 2 aromatic carbocycles. The highest BCUT2D eigenvalue weighted by Gasteiger charge is 2.19. The van der Waals surface area contributed by atoms with Crippen molar-refractivity contribution < 1.29 is 9.90 Å². The summed E-state index contributed by atoms with van der Waals surface area (Å²) >= 11 is 1.69. The van der Waals surface area contributed by atoms with E-state index < -0.39 is 0 Å². The summed E-state index contributed by atoms with van der Waals surface area (Å²) in [4.78, 5) is 12.2. The van der Waals surface area contributed by atoms with Crippen molar-refractivity contribution in [2.75, 3.05) is 12.8 Å². The monoisotopic (exact) mass is 289 g/mol. The topological polar surface area (TPSA) is 49.3 Å². The fourth-order valence-electron chi connectivity index (χ4n) is 1.87. The van der Waals surface area contributed by atoms with Crippen LogP contribution in [0.1, 0.15) is 24.2 Å². The van der Waals surface area contributed by atoms with Crippen LogP contribution in [0.2, 0.25) is 0 Å². The van der Waals surface area contributed by atoms with Crippen molar-refractivity contribution in [2.24, 2.45) is 0 Å². The molecule has 20 heavy (non-hydrogen) atoms. The number of rotatable bonds is 4. The molecule has 3 nitrogen and oxygen atoms in total. The van der Waals surface area contributed by atoms with Crippen molar-refractivity contribution >= 4 is 28.4 Å². The summed E-state index contributed by atoms with van der Waals surface area (Å²) in [6, 6.07) is 11.0. The van der Waals surface area contributed by atoms with Gasteiger partial charge < -0.3 is 10.4 Å². The van der Waals surface area contributed by atoms with Gasteiger partial charge in [-0.2, -0.15) is 11.8 Å². The minimum atomic E-state index is -0.240. The van der Waals surface area contributed by atoms with Crippen molar-refractivity contribution in [3.05, 3.63) is 42.0 Å². The smallest absolute Gasteiger partial charge is 0.255 e. The number of phenolic OH excluding ortho intramolecular Hbond substituents is 1. The van der Waals surface area contributed by atoms with Gasteiger partial charge in [-0.1, -0.05) is 24.3 Å². The van der Waals surface area contributed by atoms with Gasteiger partial charge in [0.05, 0.1) is 5.56 Å². The number of aromatic hydroxyl groups is 1. The van der Waals surface area contributed by atoms with Gasteiger partial charge in [-0.3, -0.25) is 4.79 Å². The number of hydrogen-bond acceptors (Lipinski definition) is 3. The second-order valence-electron chi connectivity index (χ2n) is 5.36. The Morgan fingerprint density at radius 1 is 1.25 bits per heavy atom. The second kappa shape index (κ2) is 5.75. The summed E-state index contributed by atoms with van der Waals surface area (Å²) in [7, 11) is 0. The van der Waals surface area contributed by atoms with E-state index in [2.05, 4.69) is 19.2 Å². The molecule has 4 heteroatoms. The predicted molar refractivity (Wildman–Crippen MR) is 85.5 cm³/mol. The number of phenols is 1. The molecule has 0 atom stereocenters. The highest BCUT2D eigenvalue weighted by atomic mass is 32.2. The van der Waals surface area contributed by atoms with E-state index in [9.17, 15) is 9.90 Å². The van der Waals surface area contributed by atoms with Gasteiger partial charge in [0, 0.05) is 11.3 Å². The third-order valence-electron chi connectivity index (χ3n) is 3.34. The number of carbonyl (C=O) groups excluding carboxylic acids is 1. The van der Waals surface area contributed by atoms with Crippen LogP contribution in [0.5, 0.6) is 5.75 Å². The average Bonchev–Trinajstić information content (AvgIpc) is 2.44. The number of nitrogens with one attached hydrogen (secondary N) is 1. The van der Waals surface area contributed by atoms with Crippen molar-refractivity contribution in [3.63, 3.8) is 0 Å². The van der Waals surface area contributed by atoms with E-state index in [1.54, 1.807) is 23.9 Å². The Morgan fingerprint density at radius 2 is 1.85 bits per heavy atom. The standard InChI is InChI=1S/C16H19NO2S/c1-16(2,20-3)10-17-15(19)13-8-11-6-4-5-7-12(11)9-14(13)18/h4-9,18H,10H2,1-3H3,(H,17,19).